The van der Waals surface area contributed by atoms with Crippen LogP contribution < -0.4 is 5.11 Å². The lowest BCUT2D eigenvalue weighted by Gasteiger charge is -2.42. The van der Waals surface area contributed by atoms with Crippen LogP contribution >= 0.6 is 12.4 Å². The molecule has 1 unspecified atom stereocenters. The molecule has 0 amide bonds. The minimum atomic E-state index is -1.98. The number of hydrogen-bond acceptors (Lipinski definition) is 4. The summed E-state index contributed by atoms with van der Waals surface area (Å²) in [6.45, 7) is 10.7. The van der Waals surface area contributed by atoms with Gasteiger partial charge in [0.05, 0.1) is 17.9 Å². The molecule has 170 valence electrons. The fourth-order valence-corrected chi connectivity index (χ4v) is 4.26. The third-order valence-electron chi connectivity index (χ3n) is 6.12. The summed E-state index contributed by atoms with van der Waals surface area (Å²) in [5, 5.41) is 23.6. The Morgan fingerprint density at radius 1 is 1.13 bits per heavy atom. The lowest BCUT2D eigenvalue weighted by molar-refractivity contribution is -0.331. The van der Waals surface area contributed by atoms with Gasteiger partial charge in [0.15, 0.2) is 0 Å². The average molecular weight is 439 g/mol. The van der Waals surface area contributed by atoms with Crippen molar-refractivity contribution in [3.8, 4) is 11.8 Å². The second kappa shape index (κ2) is 12.3. The van der Waals surface area contributed by atoms with Crippen molar-refractivity contribution in [2.24, 2.45) is 5.92 Å². The summed E-state index contributed by atoms with van der Waals surface area (Å²) in [6, 6.07) is 7.28. The molecule has 0 saturated heterocycles. The third kappa shape index (κ3) is 6.21. The minimum absolute atomic E-state index is 0. The molecule has 1 aliphatic rings. The summed E-state index contributed by atoms with van der Waals surface area (Å²) in [5.74, 6) is 4.83. The molecule has 0 aliphatic heterocycles. The fourth-order valence-electron chi connectivity index (χ4n) is 4.26. The van der Waals surface area contributed by atoms with Crippen molar-refractivity contribution in [1.29, 1.82) is 0 Å². The predicted octanol–water partition coefficient (Wildman–Crippen LogP) is 2.42. The molecule has 3 N–H and O–H groups in total. The second-order valence-corrected chi connectivity index (χ2v) is 8.32. The van der Waals surface area contributed by atoms with Crippen molar-refractivity contribution in [2.75, 3.05) is 19.6 Å². The number of nitrogens with zero attached hydrogens (tertiary/aromatic N) is 1. The second-order valence-electron chi connectivity index (χ2n) is 8.32. The number of benzene rings is 1. The SMILES string of the molecule is CCN(CC)CC#CC(C)(C)c1ccccc1C(O)(C(=O)[O-])C1CCCCC1.Cl.O. The highest BCUT2D eigenvalue weighted by molar-refractivity contribution is 5.85. The van der Waals surface area contributed by atoms with Crippen LogP contribution in [-0.2, 0) is 15.8 Å². The summed E-state index contributed by atoms with van der Waals surface area (Å²) in [7, 11) is 0. The number of carboxylic acids is 1. The molecular formula is C24H37ClNO4-. The van der Waals surface area contributed by atoms with Gasteiger partial charge in [-0.1, -0.05) is 69.2 Å². The van der Waals surface area contributed by atoms with E-state index in [-0.39, 0.29) is 23.8 Å². The topological polar surface area (TPSA) is 95.1 Å². The lowest BCUT2D eigenvalue weighted by Crippen LogP contribution is -2.52. The zero-order valence-electron chi connectivity index (χ0n) is 18.7. The normalized spacial score (nSPS) is 16.5. The molecule has 1 fully saturated rings. The van der Waals surface area contributed by atoms with Crippen LogP contribution in [0.3, 0.4) is 0 Å². The number of carboxylic acid groups (broad SMARTS) is 1. The molecule has 1 aromatic rings. The molecule has 1 aromatic carbocycles. The van der Waals surface area contributed by atoms with Crippen molar-refractivity contribution in [3.05, 3.63) is 35.4 Å². The van der Waals surface area contributed by atoms with Crippen LogP contribution in [0.1, 0.15) is 70.9 Å². The average Bonchev–Trinajstić information content (AvgIpc) is 2.71. The Labute approximate surface area is 187 Å². The zero-order valence-corrected chi connectivity index (χ0v) is 19.5. The van der Waals surface area contributed by atoms with Crippen molar-refractivity contribution in [3.63, 3.8) is 0 Å². The molecule has 6 heteroatoms. The van der Waals surface area contributed by atoms with E-state index in [9.17, 15) is 15.0 Å². The number of aliphatic carboxylic acids is 1. The van der Waals surface area contributed by atoms with E-state index >= 15 is 0 Å². The lowest BCUT2D eigenvalue weighted by atomic mass is 9.69. The van der Waals surface area contributed by atoms with E-state index in [1.54, 1.807) is 12.1 Å². The first-order valence-electron chi connectivity index (χ1n) is 10.5. The highest BCUT2D eigenvalue weighted by Crippen LogP contribution is 2.42. The van der Waals surface area contributed by atoms with Gasteiger partial charge in [0.1, 0.15) is 5.60 Å². The summed E-state index contributed by atoms with van der Waals surface area (Å²) < 4.78 is 0. The number of rotatable bonds is 7. The smallest absolute Gasteiger partial charge is 0.132 e. The number of carbonyl (C=O) groups excluding carboxylic acids is 1. The minimum Gasteiger partial charge on any atom is -0.547 e. The molecule has 0 spiro atoms. The van der Waals surface area contributed by atoms with Gasteiger partial charge in [-0.3, -0.25) is 4.90 Å². The van der Waals surface area contributed by atoms with Crippen LogP contribution in [0.25, 0.3) is 0 Å². The van der Waals surface area contributed by atoms with E-state index in [0.717, 1.165) is 37.9 Å². The Morgan fingerprint density at radius 3 is 2.17 bits per heavy atom. The Balaban J connectivity index is 0.00000420. The summed E-state index contributed by atoms with van der Waals surface area (Å²) in [5.41, 5.74) is -1.36. The number of aliphatic hydroxyl groups is 1. The van der Waals surface area contributed by atoms with E-state index in [1.165, 1.54) is 0 Å². The standard InChI is InChI=1S/C24H35NO3.ClH.H2O/c1-5-25(6-2)18-12-17-23(3,4)20-15-10-11-16-21(20)24(28,22(26)27)19-13-8-7-9-14-19;;/h10-11,15-16,19,28H,5-9,13-14,18H2,1-4H3,(H,26,27);1H;1H2/p-1. The van der Waals surface area contributed by atoms with Crippen LogP contribution in [0.2, 0.25) is 0 Å². The Hall–Kier alpha value is -1.58. The van der Waals surface area contributed by atoms with Gasteiger partial charge in [0.25, 0.3) is 0 Å². The monoisotopic (exact) mass is 438 g/mol. The van der Waals surface area contributed by atoms with Crippen molar-refractivity contribution < 1.29 is 20.5 Å². The van der Waals surface area contributed by atoms with Gasteiger partial charge < -0.3 is 20.5 Å². The molecular weight excluding hydrogens is 402 g/mol. The molecule has 0 heterocycles. The van der Waals surface area contributed by atoms with Gasteiger partial charge in [-0.2, -0.15) is 0 Å². The van der Waals surface area contributed by atoms with E-state index < -0.39 is 17.0 Å². The molecule has 30 heavy (non-hydrogen) atoms. The van der Waals surface area contributed by atoms with Crippen molar-refractivity contribution in [2.45, 2.75) is 70.8 Å². The highest BCUT2D eigenvalue weighted by atomic mass is 35.5. The largest absolute Gasteiger partial charge is 0.547 e. The maximum absolute atomic E-state index is 12.2. The predicted molar refractivity (Wildman–Crippen MR) is 121 cm³/mol. The van der Waals surface area contributed by atoms with E-state index in [4.69, 9.17) is 0 Å². The van der Waals surface area contributed by atoms with E-state index in [2.05, 4.69) is 30.6 Å². The van der Waals surface area contributed by atoms with E-state index in [1.807, 2.05) is 26.0 Å². The Bertz CT molecular complexity index is 730. The Morgan fingerprint density at radius 2 is 1.67 bits per heavy atom. The molecule has 1 atom stereocenters. The first-order chi connectivity index (χ1) is 13.3. The maximum Gasteiger partial charge on any atom is 0.132 e. The van der Waals surface area contributed by atoms with Gasteiger partial charge >= 0.3 is 0 Å². The zero-order chi connectivity index (χ0) is 20.8. The number of hydrogen-bond donors (Lipinski definition) is 1. The van der Waals surface area contributed by atoms with Gasteiger partial charge in [-0.15, -0.1) is 12.4 Å². The van der Waals surface area contributed by atoms with Gasteiger partial charge in [0, 0.05) is 0 Å². The molecule has 2 rings (SSSR count). The molecule has 0 radical (unpaired) electrons. The number of halogens is 1. The highest BCUT2D eigenvalue weighted by Gasteiger charge is 2.43. The molecule has 1 aliphatic carbocycles. The molecule has 1 saturated carbocycles. The van der Waals surface area contributed by atoms with Crippen LogP contribution in [0.15, 0.2) is 24.3 Å². The summed E-state index contributed by atoms with van der Waals surface area (Å²) >= 11 is 0. The fraction of sp³-hybridized carbons (Fsp3) is 0.625. The first-order valence-corrected chi connectivity index (χ1v) is 10.5. The van der Waals surface area contributed by atoms with Crippen LogP contribution in [0.4, 0.5) is 0 Å². The quantitative estimate of drug-likeness (QED) is 0.661. The van der Waals surface area contributed by atoms with Crippen LogP contribution in [0, 0.1) is 17.8 Å². The van der Waals surface area contributed by atoms with Crippen molar-refractivity contribution >= 4 is 18.4 Å². The van der Waals surface area contributed by atoms with Crippen LogP contribution in [-0.4, -0.2) is 41.1 Å². The Kier molecular flexibility index (Phi) is 11.7. The molecule has 0 aromatic heterocycles. The third-order valence-corrected chi connectivity index (χ3v) is 6.12. The van der Waals surface area contributed by atoms with Gasteiger partial charge in [-0.25, -0.2) is 0 Å². The molecule has 5 nitrogen and oxygen atoms in total. The number of carbonyl (C=O) groups is 1. The summed E-state index contributed by atoms with van der Waals surface area (Å²) in [4.78, 5) is 14.4. The van der Waals surface area contributed by atoms with Crippen LogP contribution in [0.5, 0.6) is 0 Å². The first kappa shape index (κ1) is 28.4. The summed E-state index contributed by atoms with van der Waals surface area (Å²) in [6.07, 6.45) is 4.37. The maximum atomic E-state index is 12.2. The van der Waals surface area contributed by atoms with Gasteiger partial charge in [-0.05, 0) is 56.8 Å². The van der Waals surface area contributed by atoms with E-state index in [0.29, 0.717) is 24.9 Å². The molecule has 0 bridgehead atoms. The van der Waals surface area contributed by atoms with Gasteiger partial charge in [0.2, 0.25) is 0 Å². The van der Waals surface area contributed by atoms with Crippen molar-refractivity contribution in [1.82, 2.24) is 4.90 Å².